The second-order valence-corrected chi connectivity index (χ2v) is 5.41. The molecule has 1 aliphatic heterocycles. The molecule has 0 bridgehead atoms. The Bertz CT molecular complexity index is 244. The summed E-state index contributed by atoms with van der Waals surface area (Å²) in [6.45, 7) is 4.97. The van der Waals surface area contributed by atoms with Crippen LogP contribution in [0.3, 0.4) is 0 Å². The first kappa shape index (κ1) is 10.9. The zero-order valence-electron chi connectivity index (χ0n) is 8.19. The summed E-state index contributed by atoms with van der Waals surface area (Å²) in [7, 11) is -3.16. The number of hydroxylamine groups is 1. The molecule has 0 radical (unpaired) electrons. The molecule has 0 aromatic carbocycles. The Morgan fingerprint density at radius 3 is 2.69 bits per heavy atom. The molecule has 1 aliphatic rings. The second kappa shape index (κ2) is 4.39. The van der Waals surface area contributed by atoms with Crippen LogP contribution in [0.15, 0.2) is 0 Å². The molecule has 1 heterocycles. The normalized spacial score (nSPS) is 22.0. The Kier molecular flexibility index (Phi) is 3.70. The predicted octanol–water partition coefficient (Wildman–Crippen LogP) is 1.000. The van der Waals surface area contributed by atoms with Gasteiger partial charge in [-0.1, -0.05) is 24.7 Å². The van der Waals surface area contributed by atoms with E-state index >= 15 is 0 Å². The third-order valence-corrected chi connectivity index (χ3v) is 4.12. The molecule has 1 atom stereocenters. The van der Waals surface area contributed by atoms with E-state index in [1.54, 1.807) is 0 Å². The molecule has 0 N–H and O–H groups in total. The summed E-state index contributed by atoms with van der Waals surface area (Å²) in [5, 5.41) is 0. The first-order chi connectivity index (χ1) is 6.06. The lowest BCUT2D eigenvalue weighted by Gasteiger charge is -2.16. The molecule has 78 valence electrons. The highest BCUT2D eigenvalue weighted by atomic mass is 32.2. The van der Waals surface area contributed by atoms with Crippen LogP contribution in [-0.2, 0) is 14.9 Å². The molecule has 0 spiro atoms. The number of sulfonamides is 1. The van der Waals surface area contributed by atoms with Gasteiger partial charge in [0, 0.05) is 6.54 Å². The Balaban J connectivity index is 2.54. The van der Waals surface area contributed by atoms with Gasteiger partial charge in [0.05, 0.1) is 12.4 Å². The van der Waals surface area contributed by atoms with Crippen LogP contribution in [0.4, 0.5) is 0 Å². The molecular weight excluding hydrogens is 190 g/mol. The maximum Gasteiger partial charge on any atom is 0.236 e. The van der Waals surface area contributed by atoms with Crippen molar-refractivity contribution in [1.82, 2.24) is 4.47 Å². The monoisotopic (exact) mass is 207 g/mol. The first-order valence-corrected chi connectivity index (χ1v) is 6.30. The van der Waals surface area contributed by atoms with Crippen molar-refractivity contribution >= 4 is 10.0 Å². The van der Waals surface area contributed by atoms with Crippen molar-refractivity contribution in [3.05, 3.63) is 0 Å². The summed E-state index contributed by atoms with van der Waals surface area (Å²) in [6.07, 6.45) is 1.69. The molecule has 0 saturated carbocycles. The fraction of sp³-hybridized carbons (Fsp3) is 1.00. The largest absolute Gasteiger partial charge is 0.284 e. The summed E-state index contributed by atoms with van der Waals surface area (Å²) >= 11 is 0. The summed E-state index contributed by atoms with van der Waals surface area (Å²) in [5.74, 6) is 0.401. The van der Waals surface area contributed by atoms with E-state index in [4.69, 9.17) is 4.84 Å². The topological polar surface area (TPSA) is 46.6 Å². The maximum atomic E-state index is 11.6. The Morgan fingerprint density at radius 2 is 2.23 bits per heavy atom. The smallest absolute Gasteiger partial charge is 0.236 e. The van der Waals surface area contributed by atoms with Gasteiger partial charge in [-0.3, -0.25) is 4.84 Å². The Morgan fingerprint density at radius 1 is 1.54 bits per heavy atom. The van der Waals surface area contributed by atoms with Crippen molar-refractivity contribution in [3.8, 4) is 0 Å². The van der Waals surface area contributed by atoms with Gasteiger partial charge in [-0.2, -0.15) is 0 Å². The zero-order valence-corrected chi connectivity index (χ0v) is 9.01. The van der Waals surface area contributed by atoms with Crippen LogP contribution < -0.4 is 0 Å². The van der Waals surface area contributed by atoms with E-state index in [1.165, 1.54) is 0 Å². The number of hydrogen-bond acceptors (Lipinski definition) is 3. The third kappa shape index (κ3) is 2.93. The van der Waals surface area contributed by atoms with E-state index in [1.807, 2.05) is 13.8 Å². The fourth-order valence-corrected chi connectivity index (χ4v) is 2.97. The molecule has 0 aromatic heterocycles. The highest BCUT2D eigenvalue weighted by molar-refractivity contribution is 7.88. The minimum Gasteiger partial charge on any atom is -0.284 e. The van der Waals surface area contributed by atoms with Crippen LogP contribution in [0.2, 0.25) is 0 Å². The molecule has 1 unspecified atom stereocenters. The Hall–Kier alpha value is -0.130. The molecule has 13 heavy (non-hydrogen) atoms. The summed E-state index contributed by atoms with van der Waals surface area (Å²) < 4.78 is 24.3. The lowest BCUT2D eigenvalue weighted by Crippen LogP contribution is -2.31. The molecule has 4 nitrogen and oxygen atoms in total. The van der Waals surface area contributed by atoms with Gasteiger partial charge in [-0.25, -0.2) is 8.42 Å². The van der Waals surface area contributed by atoms with Crippen molar-refractivity contribution in [2.75, 3.05) is 18.9 Å². The SMILES string of the molecule is CCC(C)CS(=O)(=O)N1CCCO1. The van der Waals surface area contributed by atoms with E-state index < -0.39 is 10.0 Å². The van der Waals surface area contributed by atoms with Crippen molar-refractivity contribution in [2.24, 2.45) is 5.92 Å². The van der Waals surface area contributed by atoms with E-state index in [2.05, 4.69) is 0 Å². The van der Waals surface area contributed by atoms with Crippen LogP contribution in [0.5, 0.6) is 0 Å². The molecule has 1 fully saturated rings. The van der Waals surface area contributed by atoms with Gasteiger partial charge in [-0.15, -0.1) is 0 Å². The van der Waals surface area contributed by atoms with Crippen molar-refractivity contribution in [2.45, 2.75) is 26.7 Å². The Labute approximate surface area is 79.9 Å². The van der Waals surface area contributed by atoms with Gasteiger partial charge in [0.15, 0.2) is 0 Å². The van der Waals surface area contributed by atoms with Gasteiger partial charge in [0.25, 0.3) is 0 Å². The highest BCUT2D eigenvalue weighted by Crippen LogP contribution is 2.14. The predicted molar refractivity (Wildman–Crippen MR) is 50.5 cm³/mol. The van der Waals surface area contributed by atoms with Gasteiger partial charge in [-0.05, 0) is 12.3 Å². The van der Waals surface area contributed by atoms with Crippen molar-refractivity contribution in [3.63, 3.8) is 0 Å². The lowest BCUT2D eigenvalue weighted by molar-refractivity contribution is -0.0286. The molecule has 5 heteroatoms. The van der Waals surface area contributed by atoms with Crippen LogP contribution in [0.25, 0.3) is 0 Å². The van der Waals surface area contributed by atoms with Gasteiger partial charge >= 0.3 is 0 Å². The first-order valence-electron chi connectivity index (χ1n) is 4.69. The van der Waals surface area contributed by atoms with Gasteiger partial charge < -0.3 is 0 Å². The number of rotatable bonds is 4. The number of hydrogen-bond donors (Lipinski definition) is 0. The summed E-state index contributed by atoms with van der Waals surface area (Å²) in [4.78, 5) is 5.01. The average Bonchev–Trinajstić information content (AvgIpc) is 2.55. The molecule has 0 aromatic rings. The van der Waals surface area contributed by atoms with E-state index in [-0.39, 0.29) is 11.7 Å². The molecular formula is C8H17NO3S. The van der Waals surface area contributed by atoms with E-state index in [9.17, 15) is 8.42 Å². The lowest BCUT2D eigenvalue weighted by atomic mass is 10.2. The summed E-state index contributed by atoms with van der Waals surface area (Å²) in [6, 6.07) is 0. The maximum absolute atomic E-state index is 11.6. The fourth-order valence-electron chi connectivity index (χ4n) is 1.20. The number of nitrogens with zero attached hydrogens (tertiary/aromatic N) is 1. The second-order valence-electron chi connectivity index (χ2n) is 3.51. The summed E-state index contributed by atoms with van der Waals surface area (Å²) in [5.41, 5.74) is 0. The molecule has 1 saturated heterocycles. The average molecular weight is 207 g/mol. The minimum absolute atomic E-state index is 0.198. The molecule has 0 amide bonds. The van der Waals surface area contributed by atoms with Gasteiger partial charge in [0.1, 0.15) is 0 Å². The molecule has 0 aliphatic carbocycles. The highest BCUT2D eigenvalue weighted by Gasteiger charge is 2.27. The van der Waals surface area contributed by atoms with Gasteiger partial charge in [0.2, 0.25) is 10.0 Å². The van der Waals surface area contributed by atoms with Crippen LogP contribution in [0.1, 0.15) is 26.7 Å². The third-order valence-electron chi connectivity index (χ3n) is 2.22. The molecule has 1 rings (SSSR count). The van der Waals surface area contributed by atoms with Crippen LogP contribution in [-0.4, -0.2) is 31.8 Å². The zero-order chi connectivity index (χ0) is 9.90. The van der Waals surface area contributed by atoms with Crippen LogP contribution in [0, 0.1) is 5.92 Å². The van der Waals surface area contributed by atoms with Crippen molar-refractivity contribution < 1.29 is 13.3 Å². The van der Waals surface area contributed by atoms with Crippen molar-refractivity contribution in [1.29, 1.82) is 0 Å². The standard InChI is InChI=1S/C8H17NO3S/c1-3-8(2)7-13(10,11)9-5-4-6-12-9/h8H,3-7H2,1-2H3. The van der Waals surface area contributed by atoms with Crippen LogP contribution >= 0.6 is 0 Å². The quantitative estimate of drug-likeness (QED) is 0.691. The van der Waals surface area contributed by atoms with E-state index in [0.29, 0.717) is 13.2 Å². The minimum atomic E-state index is -3.16. The van der Waals surface area contributed by atoms with E-state index in [0.717, 1.165) is 17.3 Å².